The molecule has 0 atom stereocenters. The Bertz CT molecular complexity index is 970. The van der Waals surface area contributed by atoms with Crippen molar-refractivity contribution in [2.45, 2.75) is 13.5 Å². The van der Waals surface area contributed by atoms with Gasteiger partial charge in [-0.05, 0) is 71.4 Å². The lowest BCUT2D eigenvalue weighted by Gasteiger charge is -2.10. The quantitative estimate of drug-likeness (QED) is 0.559. The predicted octanol–water partition coefficient (Wildman–Crippen LogP) is 4.62. The third-order valence-corrected chi connectivity index (χ3v) is 4.50. The number of carbonyl (C=O) groups is 2. The number of benzene rings is 2. The molecule has 2 N–H and O–H groups in total. The second kappa shape index (κ2) is 9.23. The van der Waals surface area contributed by atoms with Crippen LogP contribution >= 0.6 is 15.9 Å². The van der Waals surface area contributed by atoms with Gasteiger partial charge in [0.1, 0.15) is 11.5 Å². The summed E-state index contributed by atoms with van der Waals surface area (Å²) in [5, 5.41) is 5.58. The summed E-state index contributed by atoms with van der Waals surface area (Å²) in [6.07, 6.45) is 1.55. The summed E-state index contributed by atoms with van der Waals surface area (Å²) in [7, 11) is 0. The number of ether oxygens (including phenoxy) is 1. The molecule has 0 unspecified atom stereocenters. The first-order chi connectivity index (χ1) is 13.6. The van der Waals surface area contributed by atoms with Crippen LogP contribution in [0.5, 0.6) is 5.75 Å². The molecule has 0 saturated heterocycles. The van der Waals surface area contributed by atoms with Crippen molar-refractivity contribution in [1.82, 2.24) is 5.32 Å². The maximum atomic E-state index is 12.5. The molecule has 0 radical (unpaired) electrons. The summed E-state index contributed by atoms with van der Waals surface area (Å²) in [5.41, 5.74) is 1.45. The van der Waals surface area contributed by atoms with E-state index < -0.39 is 0 Å². The van der Waals surface area contributed by atoms with E-state index in [0.29, 0.717) is 45.9 Å². The van der Waals surface area contributed by atoms with Crippen LogP contribution in [0.4, 0.5) is 5.69 Å². The van der Waals surface area contributed by atoms with E-state index in [2.05, 4.69) is 26.6 Å². The van der Waals surface area contributed by atoms with E-state index in [0.717, 1.165) is 0 Å². The Morgan fingerprint density at radius 2 is 1.86 bits per heavy atom. The molecule has 7 heteroatoms. The summed E-state index contributed by atoms with van der Waals surface area (Å²) in [6, 6.07) is 15.4. The molecule has 1 aromatic heterocycles. The normalized spacial score (nSPS) is 10.4. The molecular weight excluding hydrogens is 424 g/mol. The van der Waals surface area contributed by atoms with Gasteiger partial charge in [0.15, 0.2) is 0 Å². The first-order valence-corrected chi connectivity index (χ1v) is 9.50. The Hall–Kier alpha value is -3.06. The molecule has 0 fully saturated rings. The first kappa shape index (κ1) is 19.7. The Morgan fingerprint density at radius 3 is 2.57 bits per heavy atom. The molecule has 0 bridgehead atoms. The Balaban J connectivity index is 1.65. The van der Waals surface area contributed by atoms with Gasteiger partial charge < -0.3 is 19.8 Å². The number of halogens is 1. The molecule has 3 aromatic rings. The SMILES string of the molecule is CCOc1ccc(C(=O)Nc2cccc(C(=O)NCc3ccco3)c2)cc1Br. The van der Waals surface area contributed by atoms with Gasteiger partial charge in [0.05, 0.1) is 23.9 Å². The largest absolute Gasteiger partial charge is 0.493 e. The van der Waals surface area contributed by atoms with Crippen molar-refractivity contribution < 1.29 is 18.7 Å². The summed E-state index contributed by atoms with van der Waals surface area (Å²) < 4.78 is 11.3. The van der Waals surface area contributed by atoms with Crippen LogP contribution < -0.4 is 15.4 Å². The zero-order chi connectivity index (χ0) is 19.9. The number of anilines is 1. The molecule has 2 amide bonds. The van der Waals surface area contributed by atoms with Crippen molar-refractivity contribution in [2.75, 3.05) is 11.9 Å². The van der Waals surface area contributed by atoms with Crippen LogP contribution in [0.2, 0.25) is 0 Å². The summed E-state index contributed by atoms with van der Waals surface area (Å²) >= 11 is 3.40. The molecule has 28 heavy (non-hydrogen) atoms. The molecule has 0 saturated carbocycles. The van der Waals surface area contributed by atoms with Crippen molar-refractivity contribution in [1.29, 1.82) is 0 Å². The highest BCUT2D eigenvalue weighted by Crippen LogP contribution is 2.26. The van der Waals surface area contributed by atoms with E-state index in [-0.39, 0.29) is 11.8 Å². The molecule has 6 nitrogen and oxygen atoms in total. The van der Waals surface area contributed by atoms with Gasteiger partial charge in [0, 0.05) is 16.8 Å². The summed E-state index contributed by atoms with van der Waals surface area (Å²) in [4.78, 5) is 24.8. The van der Waals surface area contributed by atoms with Crippen LogP contribution in [0, 0.1) is 0 Å². The number of furan rings is 1. The lowest BCUT2D eigenvalue weighted by Crippen LogP contribution is -2.22. The highest BCUT2D eigenvalue weighted by atomic mass is 79.9. The van der Waals surface area contributed by atoms with Gasteiger partial charge in [-0.2, -0.15) is 0 Å². The summed E-state index contributed by atoms with van der Waals surface area (Å²) in [5.74, 6) is 0.807. The van der Waals surface area contributed by atoms with Crippen LogP contribution in [-0.4, -0.2) is 18.4 Å². The number of carbonyl (C=O) groups excluding carboxylic acids is 2. The zero-order valence-corrected chi connectivity index (χ0v) is 16.8. The van der Waals surface area contributed by atoms with Crippen molar-refractivity contribution in [3.8, 4) is 5.75 Å². The number of nitrogens with one attached hydrogen (secondary N) is 2. The molecule has 3 rings (SSSR count). The van der Waals surface area contributed by atoms with Gasteiger partial charge in [-0.3, -0.25) is 9.59 Å². The van der Waals surface area contributed by atoms with E-state index in [4.69, 9.17) is 9.15 Å². The fraction of sp³-hybridized carbons (Fsp3) is 0.143. The molecule has 1 heterocycles. The minimum Gasteiger partial charge on any atom is -0.493 e. The van der Waals surface area contributed by atoms with Crippen LogP contribution in [0.25, 0.3) is 0 Å². The van der Waals surface area contributed by atoms with Crippen molar-refractivity contribution in [3.05, 3.63) is 82.2 Å². The van der Waals surface area contributed by atoms with Crippen molar-refractivity contribution in [2.24, 2.45) is 0 Å². The third-order valence-electron chi connectivity index (χ3n) is 3.88. The molecular formula is C21H19BrN2O4. The topological polar surface area (TPSA) is 80.6 Å². The molecule has 144 valence electrons. The van der Waals surface area contributed by atoms with Crippen LogP contribution in [-0.2, 0) is 6.54 Å². The summed E-state index contributed by atoms with van der Waals surface area (Å²) in [6.45, 7) is 2.73. The maximum absolute atomic E-state index is 12.5. The maximum Gasteiger partial charge on any atom is 0.255 e. The molecule has 0 spiro atoms. The van der Waals surface area contributed by atoms with E-state index >= 15 is 0 Å². The highest BCUT2D eigenvalue weighted by Gasteiger charge is 2.12. The van der Waals surface area contributed by atoms with Crippen molar-refractivity contribution in [3.63, 3.8) is 0 Å². The predicted molar refractivity (Wildman–Crippen MR) is 110 cm³/mol. The minimum atomic E-state index is -0.281. The van der Waals surface area contributed by atoms with Gasteiger partial charge in [-0.1, -0.05) is 6.07 Å². The second-order valence-corrected chi connectivity index (χ2v) is 6.73. The fourth-order valence-corrected chi connectivity index (χ4v) is 3.03. The highest BCUT2D eigenvalue weighted by molar-refractivity contribution is 9.10. The van der Waals surface area contributed by atoms with Crippen LogP contribution in [0.3, 0.4) is 0 Å². The molecule has 0 aliphatic rings. The average molecular weight is 443 g/mol. The van der Waals surface area contributed by atoms with Gasteiger partial charge in [0.2, 0.25) is 0 Å². The van der Waals surface area contributed by atoms with Gasteiger partial charge in [-0.25, -0.2) is 0 Å². The van der Waals surface area contributed by atoms with Crippen LogP contribution in [0.1, 0.15) is 33.4 Å². The molecule has 0 aliphatic carbocycles. The molecule has 2 aromatic carbocycles. The number of hydrogen-bond donors (Lipinski definition) is 2. The fourth-order valence-electron chi connectivity index (χ4n) is 2.54. The standard InChI is InChI=1S/C21H19BrN2O4/c1-2-27-19-9-8-15(12-18(19)22)21(26)24-16-6-3-5-14(11-16)20(25)23-13-17-7-4-10-28-17/h3-12H,2,13H2,1H3,(H,23,25)(H,24,26). The number of amides is 2. The molecule has 0 aliphatic heterocycles. The zero-order valence-electron chi connectivity index (χ0n) is 15.2. The van der Waals surface area contributed by atoms with Crippen LogP contribution in [0.15, 0.2) is 69.8 Å². The Labute approximate surface area is 171 Å². The monoisotopic (exact) mass is 442 g/mol. The Kier molecular flexibility index (Phi) is 6.49. The Morgan fingerprint density at radius 1 is 1.04 bits per heavy atom. The third kappa shape index (κ3) is 5.01. The average Bonchev–Trinajstić information content (AvgIpc) is 3.21. The van der Waals surface area contributed by atoms with E-state index in [1.165, 1.54) is 0 Å². The lowest BCUT2D eigenvalue weighted by molar-refractivity contribution is 0.0946. The lowest BCUT2D eigenvalue weighted by atomic mass is 10.1. The van der Waals surface area contributed by atoms with Gasteiger partial charge in [-0.15, -0.1) is 0 Å². The first-order valence-electron chi connectivity index (χ1n) is 8.71. The number of rotatable bonds is 7. The van der Waals surface area contributed by atoms with E-state index in [1.807, 2.05) is 6.92 Å². The smallest absolute Gasteiger partial charge is 0.255 e. The van der Waals surface area contributed by atoms with Gasteiger partial charge in [0.25, 0.3) is 11.8 Å². The number of hydrogen-bond acceptors (Lipinski definition) is 4. The van der Waals surface area contributed by atoms with Gasteiger partial charge >= 0.3 is 0 Å². The second-order valence-electron chi connectivity index (χ2n) is 5.88. The minimum absolute atomic E-state index is 0.253. The van der Waals surface area contributed by atoms with E-state index in [1.54, 1.807) is 60.9 Å². The van der Waals surface area contributed by atoms with E-state index in [9.17, 15) is 9.59 Å². The van der Waals surface area contributed by atoms with Crippen molar-refractivity contribution >= 4 is 33.4 Å².